The molecule has 0 saturated heterocycles. The summed E-state index contributed by atoms with van der Waals surface area (Å²) in [7, 11) is 1.57. The minimum absolute atomic E-state index is 0.0638. The van der Waals surface area contributed by atoms with E-state index in [4.69, 9.17) is 9.47 Å². The molecule has 0 aliphatic carbocycles. The molecule has 38 heavy (non-hydrogen) atoms. The monoisotopic (exact) mass is 517 g/mol. The van der Waals surface area contributed by atoms with Crippen LogP contribution in [0.25, 0.3) is 0 Å². The number of nitrogens with one attached hydrogen (secondary N) is 2. The van der Waals surface area contributed by atoms with Crippen molar-refractivity contribution in [3.63, 3.8) is 0 Å². The molecular formula is C31H39N3O4. The summed E-state index contributed by atoms with van der Waals surface area (Å²) in [6.07, 6.45) is 6.74. The Kier molecular flexibility index (Phi) is 12.0. The Bertz CT molecular complexity index is 1120. The number of amides is 3. The van der Waals surface area contributed by atoms with Gasteiger partial charge in [0.15, 0.2) is 0 Å². The maximum absolute atomic E-state index is 13.4. The smallest absolute Gasteiger partial charge is 0.326 e. The summed E-state index contributed by atoms with van der Waals surface area (Å²) in [6, 6.07) is 23.9. The van der Waals surface area contributed by atoms with Gasteiger partial charge in [0, 0.05) is 25.2 Å². The molecule has 0 aliphatic heterocycles. The van der Waals surface area contributed by atoms with Crippen LogP contribution in [0.2, 0.25) is 0 Å². The summed E-state index contributed by atoms with van der Waals surface area (Å²) in [4.78, 5) is 27.2. The van der Waals surface area contributed by atoms with E-state index >= 15 is 0 Å². The number of nitrogens with zero attached hydrogens (tertiary/aromatic N) is 1. The zero-order chi connectivity index (χ0) is 27.0. The number of ether oxygens (including phenoxy) is 2. The third kappa shape index (κ3) is 9.47. The molecule has 0 atom stereocenters. The molecular weight excluding hydrogens is 478 g/mol. The lowest BCUT2D eigenvalue weighted by Crippen LogP contribution is -2.37. The fraction of sp³-hybridized carbons (Fsp3) is 0.355. The van der Waals surface area contributed by atoms with Crippen LogP contribution in [0.4, 0.5) is 16.2 Å². The molecule has 0 aliphatic rings. The molecule has 7 heteroatoms. The van der Waals surface area contributed by atoms with E-state index in [-0.39, 0.29) is 11.9 Å². The quantitative estimate of drug-likeness (QED) is 0.206. The highest BCUT2D eigenvalue weighted by atomic mass is 16.5. The summed E-state index contributed by atoms with van der Waals surface area (Å²) in [6.45, 7) is 3.11. The summed E-state index contributed by atoms with van der Waals surface area (Å²) in [5.41, 5.74) is 1.31. The van der Waals surface area contributed by atoms with Gasteiger partial charge in [-0.3, -0.25) is 9.69 Å². The van der Waals surface area contributed by atoms with Gasteiger partial charge in [-0.2, -0.15) is 0 Å². The summed E-state index contributed by atoms with van der Waals surface area (Å²) in [5, 5.41) is 5.94. The van der Waals surface area contributed by atoms with Crippen molar-refractivity contribution >= 4 is 23.3 Å². The number of para-hydroxylation sites is 3. The van der Waals surface area contributed by atoms with Crippen LogP contribution < -0.4 is 25.0 Å². The number of unbranched alkanes of at least 4 members (excludes halogenated alkanes) is 4. The Morgan fingerprint density at radius 3 is 2.21 bits per heavy atom. The number of hydrogen-bond donors (Lipinski definition) is 2. The number of benzene rings is 3. The van der Waals surface area contributed by atoms with Crippen LogP contribution in [0.1, 0.15) is 51.9 Å². The second kappa shape index (κ2) is 16.0. The van der Waals surface area contributed by atoms with Gasteiger partial charge in [0.2, 0.25) is 5.91 Å². The predicted molar refractivity (Wildman–Crippen MR) is 153 cm³/mol. The highest BCUT2D eigenvalue weighted by Crippen LogP contribution is 2.27. The number of carbonyl (C=O) groups excluding carboxylic acids is 2. The Morgan fingerprint density at radius 1 is 0.789 bits per heavy atom. The van der Waals surface area contributed by atoms with Gasteiger partial charge in [-0.1, -0.05) is 62.9 Å². The summed E-state index contributed by atoms with van der Waals surface area (Å²) in [5.74, 6) is 2.07. The SMILES string of the molecule is CCCCCCCC(=O)NCCCN(C(=O)Nc1ccccc1OC)c1ccc(Oc2ccccc2)cc1. The number of rotatable bonds is 15. The van der Waals surface area contributed by atoms with Crippen molar-refractivity contribution in [2.45, 2.75) is 51.9 Å². The lowest BCUT2D eigenvalue weighted by molar-refractivity contribution is -0.121. The van der Waals surface area contributed by atoms with Crippen molar-refractivity contribution in [3.05, 3.63) is 78.9 Å². The minimum Gasteiger partial charge on any atom is -0.495 e. The molecule has 7 nitrogen and oxygen atoms in total. The third-order valence-corrected chi connectivity index (χ3v) is 6.11. The average molecular weight is 518 g/mol. The fourth-order valence-electron chi connectivity index (χ4n) is 4.04. The molecule has 0 aromatic heterocycles. The Balaban J connectivity index is 1.61. The number of anilines is 2. The van der Waals surface area contributed by atoms with Crippen molar-refractivity contribution in [2.75, 3.05) is 30.4 Å². The van der Waals surface area contributed by atoms with E-state index < -0.39 is 0 Å². The third-order valence-electron chi connectivity index (χ3n) is 6.11. The molecule has 2 N–H and O–H groups in total. The number of carbonyl (C=O) groups is 2. The van der Waals surface area contributed by atoms with Crippen molar-refractivity contribution in [3.8, 4) is 17.2 Å². The molecule has 0 bridgehead atoms. The summed E-state index contributed by atoms with van der Waals surface area (Å²) < 4.78 is 11.3. The zero-order valence-electron chi connectivity index (χ0n) is 22.4. The predicted octanol–water partition coefficient (Wildman–Crippen LogP) is 7.39. The van der Waals surface area contributed by atoms with Gasteiger partial charge in [0.1, 0.15) is 17.2 Å². The lowest BCUT2D eigenvalue weighted by atomic mass is 10.1. The maximum Gasteiger partial charge on any atom is 0.326 e. The first-order valence-electron chi connectivity index (χ1n) is 13.4. The van der Waals surface area contributed by atoms with E-state index in [1.807, 2.05) is 66.7 Å². The van der Waals surface area contributed by atoms with Crippen LogP contribution >= 0.6 is 0 Å². The van der Waals surface area contributed by atoms with E-state index in [2.05, 4.69) is 17.6 Å². The van der Waals surface area contributed by atoms with Gasteiger partial charge < -0.3 is 20.1 Å². The largest absolute Gasteiger partial charge is 0.495 e. The Morgan fingerprint density at radius 2 is 1.47 bits per heavy atom. The van der Waals surface area contributed by atoms with E-state index in [1.54, 1.807) is 24.1 Å². The first-order chi connectivity index (χ1) is 18.6. The van der Waals surface area contributed by atoms with Crippen LogP contribution in [0.15, 0.2) is 78.9 Å². The van der Waals surface area contributed by atoms with Crippen molar-refractivity contribution in [1.29, 1.82) is 0 Å². The van der Waals surface area contributed by atoms with Crippen LogP contribution in [-0.2, 0) is 4.79 Å². The highest BCUT2D eigenvalue weighted by Gasteiger charge is 2.18. The molecule has 3 aromatic carbocycles. The second-order valence-electron chi connectivity index (χ2n) is 9.06. The zero-order valence-corrected chi connectivity index (χ0v) is 22.4. The Labute approximate surface area is 226 Å². The van der Waals surface area contributed by atoms with Gasteiger partial charge in [-0.15, -0.1) is 0 Å². The normalized spacial score (nSPS) is 10.5. The van der Waals surface area contributed by atoms with Crippen LogP contribution in [0.5, 0.6) is 17.2 Å². The number of urea groups is 1. The molecule has 3 rings (SSSR count). The average Bonchev–Trinajstić information content (AvgIpc) is 2.94. The molecule has 0 heterocycles. The van der Waals surface area contributed by atoms with E-state index in [0.29, 0.717) is 43.1 Å². The molecule has 202 valence electrons. The first kappa shape index (κ1) is 28.6. The number of methoxy groups -OCH3 is 1. The van der Waals surface area contributed by atoms with Crippen LogP contribution in [0.3, 0.4) is 0 Å². The Hall–Kier alpha value is -4.00. The maximum atomic E-state index is 13.4. The topological polar surface area (TPSA) is 79.9 Å². The van der Waals surface area contributed by atoms with Gasteiger partial charge in [-0.05, 0) is 61.4 Å². The highest BCUT2D eigenvalue weighted by molar-refractivity contribution is 6.02. The minimum atomic E-state index is -0.284. The van der Waals surface area contributed by atoms with Gasteiger partial charge in [0.05, 0.1) is 12.8 Å². The first-order valence-corrected chi connectivity index (χ1v) is 13.4. The van der Waals surface area contributed by atoms with Gasteiger partial charge in [0.25, 0.3) is 0 Å². The summed E-state index contributed by atoms with van der Waals surface area (Å²) >= 11 is 0. The van der Waals surface area contributed by atoms with Crippen molar-refractivity contribution in [1.82, 2.24) is 5.32 Å². The molecule has 0 fully saturated rings. The van der Waals surface area contributed by atoms with E-state index in [0.717, 1.165) is 24.3 Å². The molecule has 3 aromatic rings. The molecule has 0 unspecified atom stereocenters. The molecule has 0 saturated carbocycles. The second-order valence-corrected chi connectivity index (χ2v) is 9.06. The fourth-order valence-corrected chi connectivity index (χ4v) is 4.04. The van der Waals surface area contributed by atoms with Crippen LogP contribution in [-0.4, -0.2) is 32.1 Å². The van der Waals surface area contributed by atoms with Gasteiger partial charge in [-0.25, -0.2) is 4.79 Å². The standard InChI is InChI=1S/C31H39N3O4/c1-3-4-5-6-10-18-30(35)32-23-13-24-34(31(36)33-28-16-11-12-17-29(28)37-2)25-19-21-27(22-20-25)38-26-14-8-7-9-15-26/h7-9,11-12,14-17,19-22H,3-6,10,13,18,23-24H2,1-2H3,(H,32,35)(H,33,36). The van der Waals surface area contributed by atoms with E-state index in [9.17, 15) is 9.59 Å². The van der Waals surface area contributed by atoms with Crippen molar-refractivity contribution in [2.24, 2.45) is 0 Å². The van der Waals surface area contributed by atoms with Gasteiger partial charge >= 0.3 is 6.03 Å². The number of hydrogen-bond acceptors (Lipinski definition) is 4. The van der Waals surface area contributed by atoms with E-state index in [1.165, 1.54) is 19.3 Å². The molecule has 3 amide bonds. The van der Waals surface area contributed by atoms with Crippen molar-refractivity contribution < 1.29 is 19.1 Å². The van der Waals surface area contributed by atoms with Crippen LogP contribution in [0, 0.1) is 0 Å². The molecule has 0 radical (unpaired) electrons. The lowest BCUT2D eigenvalue weighted by Gasteiger charge is -2.24. The molecule has 0 spiro atoms.